The highest BCUT2D eigenvalue weighted by atomic mass is 16.5. The lowest BCUT2D eigenvalue weighted by Crippen LogP contribution is -2.36. The van der Waals surface area contributed by atoms with Gasteiger partial charge < -0.3 is 9.84 Å². The number of carbonyl (C=O) groups is 1. The maximum Gasteiger partial charge on any atom is 0.320 e. The number of aliphatic hydroxyl groups excluding tert-OH is 1. The zero-order chi connectivity index (χ0) is 15.2. The van der Waals surface area contributed by atoms with Gasteiger partial charge in [0, 0.05) is 12.6 Å². The van der Waals surface area contributed by atoms with Crippen molar-refractivity contribution in [2.75, 3.05) is 26.3 Å². The van der Waals surface area contributed by atoms with E-state index in [-0.39, 0.29) is 25.2 Å². The molecular formula is C17H25NO3. The van der Waals surface area contributed by atoms with Gasteiger partial charge in [-0.15, -0.1) is 0 Å². The zero-order valence-electron chi connectivity index (χ0n) is 12.9. The summed E-state index contributed by atoms with van der Waals surface area (Å²) in [6, 6.07) is 8.56. The van der Waals surface area contributed by atoms with E-state index in [2.05, 4.69) is 18.2 Å². The number of hydrogen-bond donors (Lipinski definition) is 1. The largest absolute Gasteiger partial charge is 0.464 e. The van der Waals surface area contributed by atoms with Gasteiger partial charge in [0.25, 0.3) is 0 Å². The molecule has 0 fully saturated rings. The Morgan fingerprint density at radius 3 is 2.90 bits per heavy atom. The van der Waals surface area contributed by atoms with E-state index in [1.807, 2.05) is 24.8 Å². The molecule has 0 spiro atoms. The Morgan fingerprint density at radius 1 is 1.43 bits per heavy atom. The highest BCUT2D eigenvalue weighted by Crippen LogP contribution is 2.35. The Kier molecular flexibility index (Phi) is 5.76. The summed E-state index contributed by atoms with van der Waals surface area (Å²) in [5.74, 6) is 0.133. The molecule has 1 unspecified atom stereocenters. The average Bonchev–Trinajstić information content (AvgIpc) is 2.88. The van der Waals surface area contributed by atoms with Crippen LogP contribution in [0.1, 0.15) is 37.4 Å². The number of hydrogen-bond acceptors (Lipinski definition) is 4. The van der Waals surface area contributed by atoms with E-state index >= 15 is 0 Å². The molecule has 4 nitrogen and oxygen atoms in total. The van der Waals surface area contributed by atoms with Crippen LogP contribution in [-0.4, -0.2) is 42.3 Å². The lowest BCUT2D eigenvalue weighted by Gasteiger charge is -2.28. The Balaban J connectivity index is 2.01. The molecular weight excluding hydrogens is 266 g/mol. The monoisotopic (exact) mass is 291 g/mol. The van der Waals surface area contributed by atoms with Crippen molar-refractivity contribution in [3.8, 4) is 0 Å². The van der Waals surface area contributed by atoms with E-state index in [9.17, 15) is 9.90 Å². The molecule has 0 bridgehead atoms. The van der Waals surface area contributed by atoms with Crippen LogP contribution < -0.4 is 0 Å². The van der Waals surface area contributed by atoms with Gasteiger partial charge in [-0.2, -0.15) is 0 Å². The second-order valence-electron chi connectivity index (χ2n) is 6.02. The fourth-order valence-corrected chi connectivity index (χ4v) is 2.86. The van der Waals surface area contributed by atoms with Gasteiger partial charge in [0.2, 0.25) is 0 Å². The van der Waals surface area contributed by atoms with Gasteiger partial charge in [0.15, 0.2) is 0 Å². The van der Waals surface area contributed by atoms with Gasteiger partial charge in [0.05, 0.1) is 19.8 Å². The number of esters is 1. The van der Waals surface area contributed by atoms with E-state index in [0.717, 1.165) is 12.8 Å². The van der Waals surface area contributed by atoms with Crippen LogP contribution in [0.3, 0.4) is 0 Å². The van der Waals surface area contributed by atoms with Crippen molar-refractivity contribution in [1.29, 1.82) is 0 Å². The van der Waals surface area contributed by atoms with E-state index in [1.165, 1.54) is 11.1 Å². The van der Waals surface area contributed by atoms with Gasteiger partial charge in [-0.3, -0.25) is 9.69 Å². The maximum absolute atomic E-state index is 12.0. The molecule has 1 aliphatic carbocycles. The number of rotatable bonds is 7. The molecule has 0 amide bonds. The summed E-state index contributed by atoms with van der Waals surface area (Å²) in [5.41, 5.74) is 2.63. The minimum atomic E-state index is -0.207. The van der Waals surface area contributed by atoms with Crippen LogP contribution in [0.25, 0.3) is 0 Å². The van der Waals surface area contributed by atoms with Crippen LogP contribution in [0.5, 0.6) is 0 Å². The third-order valence-corrected chi connectivity index (χ3v) is 3.84. The first kappa shape index (κ1) is 16.0. The van der Waals surface area contributed by atoms with E-state index in [4.69, 9.17) is 4.74 Å². The van der Waals surface area contributed by atoms with Crippen molar-refractivity contribution >= 4 is 5.97 Å². The number of nitrogens with zero attached hydrogens (tertiary/aromatic N) is 1. The molecule has 0 heterocycles. The quantitative estimate of drug-likeness (QED) is 0.782. The van der Waals surface area contributed by atoms with Gasteiger partial charge in [-0.25, -0.2) is 0 Å². The van der Waals surface area contributed by atoms with Crippen molar-refractivity contribution in [2.24, 2.45) is 5.92 Å². The van der Waals surface area contributed by atoms with Crippen molar-refractivity contribution in [1.82, 2.24) is 4.90 Å². The number of ether oxygens (including phenoxy) is 1. The van der Waals surface area contributed by atoms with Gasteiger partial charge >= 0.3 is 5.97 Å². The molecule has 4 heteroatoms. The summed E-state index contributed by atoms with van der Waals surface area (Å²) in [6.45, 7) is 5.28. The second kappa shape index (κ2) is 7.57. The first-order chi connectivity index (χ1) is 10.1. The van der Waals surface area contributed by atoms with Crippen molar-refractivity contribution in [3.05, 3.63) is 35.4 Å². The molecule has 1 N–H and O–H groups in total. The highest BCUT2D eigenvalue weighted by molar-refractivity contribution is 5.71. The normalized spacial score (nSPS) is 17.3. The van der Waals surface area contributed by atoms with Crippen LogP contribution >= 0.6 is 0 Å². The van der Waals surface area contributed by atoms with E-state index in [1.54, 1.807) is 0 Å². The minimum absolute atomic E-state index is 0.0517. The Bertz CT molecular complexity index is 473. The third-order valence-electron chi connectivity index (χ3n) is 3.84. The summed E-state index contributed by atoms with van der Waals surface area (Å²) in [4.78, 5) is 14.0. The molecule has 21 heavy (non-hydrogen) atoms. The SMILES string of the molecule is CC(C)COC(=O)CN(CCO)C1CCc2ccccc21. The lowest BCUT2D eigenvalue weighted by atomic mass is 10.1. The summed E-state index contributed by atoms with van der Waals surface area (Å²) in [5, 5.41) is 9.28. The minimum Gasteiger partial charge on any atom is -0.464 e. The fraction of sp³-hybridized carbons (Fsp3) is 0.588. The molecule has 1 aliphatic rings. The molecule has 1 aromatic carbocycles. The Labute approximate surface area is 126 Å². The molecule has 0 radical (unpaired) electrons. The number of aliphatic hydroxyl groups is 1. The first-order valence-electron chi connectivity index (χ1n) is 7.70. The van der Waals surface area contributed by atoms with Crippen molar-refractivity contribution in [3.63, 3.8) is 0 Å². The number of benzene rings is 1. The summed E-state index contributed by atoms with van der Waals surface area (Å²) in [6.07, 6.45) is 2.03. The lowest BCUT2D eigenvalue weighted by molar-refractivity contribution is -0.146. The second-order valence-corrected chi connectivity index (χ2v) is 6.02. The average molecular weight is 291 g/mol. The van der Waals surface area contributed by atoms with E-state index < -0.39 is 0 Å². The molecule has 0 aromatic heterocycles. The third kappa shape index (κ3) is 4.29. The first-order valence-corrected chi connectivity index (χ1v) is 7.70. The van der Waals surface area contributed by atoms with Crippen LogP contribution in [0.15, 0.2) is 24.3 Å². The summed E-state index contributed by atoms with van der Waals surface area (Å²) in [7, 11) is 0. The molecule has 0 saturated carbocycles. The predicted octanol–water partition coefficient (Wildman–Crippen LogP) is 2.17. The molecule has 116 valence electrons. The van der Waals surface area contributed by atoms with Crippen LogP contribution in [0, 0.1) is 5.92 Å². The molecule has 2 rings (SSSR count). The van der Waals surface area contributed by atoms with Crippen molar-refractivity contribution in [2.45, 2.75) is 32.7 Å². The highest BCUT2D eigenvalue weighted by Gasteiger charge is 2.28. The molecule has 1 aromatic rings. The van der Waals surface area contributed by atoms with E-state index in [0.29, 0.717) is 19.1 Å². The molecule has 0 saturated heterocycles. The van der Waals surface area contributed by atoms with Gasteiger partial charge in [0.1, 0.15) is 0 Å². The van der Waals surface area contributed by atoms with Crippen LogP contribution in [0.2, 0.25) is 0 Å². The molecule has 0 aliphatic heterocycles. The topological polar surface area (TPSA) is 49.8 Å². The fourth-order valence-electron chi connectivity index (χ4n) is 2.86. The van der Waals surface area contributed by atoms with Crippen LogP contribution in [0.4, 0.5) is 0 Å². The van der Waals surface area contributed by atoms with Crippen molar-refractivity contribution < 1.29 is 14.6 Å². The smallest absolute Gasteiger partial charge is 0.320 e. The summed E-state index contributed by atoms with van der Waals surface area (Å²) >= 11 is 0. The predicted molar refractivity (Wildman–Crippen MR) is 82.0 cm³/mol. The van der Waals surface area contributed by atoms with Crippen LogP contribution in [-0.2, 0) is 16.0 Å². The van der Waals surface area contributed by atoms with Gasteiger partial charge in [-0.05, 0) is 29.9 Å². The summed E-state index contributed by atoms with van der Waals surface area (Å²) < 4.78 is 5.27. The van der Waals surface area contributed by atoms with Gasteiger partial charge in [-0.1, -0.05) is 38.1 Å². The zero-order valence-corrected chi connectivity index (χ0v) is 12.9. The number of fused-ring (bicyclic) bond motifs is 1. The Morgan fingerprint density at radius 2 is 2.19 bits per heavy atom. The number of aryl methyl sites for hydroxylation is 1. The Hall–Kier alpha value is -1.39. The number of carbonyl (C=O) groups excluding carboxylic acids is 1. The maximum atomic E-state index is 12.0. The molecule has 1 atom stereocenters. The standard InChI is InChI=1S/C17H25NO3/c1-13(2)12-21-17(20)11-18(9-10-19)16-8-7-14-5-3-4-6-15(14)16/h3-6,13,16,19H,7-12H2,1-2H3.